The molecule has 0 bridgehead atoms. The van der Waals surface area contributed by atoms with Gasteiger partial charge in [0.15, 0.2) is 0 Å². The van der Waals surface area contributed by atoms with Crippen LogP contribution in [0.25, 0.3) is 0 Å². The number of nitrogens with zero attached hydrogens (tertiary/aromatic N) is 2. The van der Waals surface area contributed by atoms with Gasteiger partial charge in [-0.15, -0.1) is 0 Å². The van der Waals surface area contributed by atoms with Crippen LogP contribution in [0.4, 0.5) is 5.69 Å². The molecule has 1 atom stereocenters. The van der Waals surface area contributed by atoms with Gasteiger partial charge in [0.2, 0.25) is 11.8 Å². The maximum absolute atomic E-state index is 14.0. The highest BCUT2D eigenvalue weighted by Gasteiger charge is 2.34. The van der Waals surface area contributed by atoms with E-state index in [0.717, 1.165) is 4.31 Å². The molecule has 38 heavy (non-hydrogen) atoms. The molecule has 0 aliphatic carbocycles. The van der Waals surface area contributed by atoms with Gasteiger partial charge in [-0.2, -0.15) is 0 Å². The van der Waals surface area contributed by atoms with Gasteiger partial charge < -0.3 is 10.2 Å². The average molecular weight is 577 g/mol. The molecule has 0 aliphatic heterocycles. The molecule has 1 N–H and O–H groups in total. The number of hydrogen-bond acceptors (Lipinski definition) is 4. The van der Waals surface area contributed by atoms with Gasteiger partial charge in [0.05, 0.1) is 10.6 Å². The molecule has 0 spiro atoms. The lowest BCUT2D eigenvalue weighted by Crippen LogP contribution is -2.53. The maximum Gasteiger partial charge on any atom is 0.264 e. The van der Waals surface area contributed by atoms with Crippen molar-refractivity contribution in [2.45, 2.75) is 50.7 Å². The van der Waals surface area contributed by atoms with Crippen molar-refractivity contribution in [1.82, 2.24) is 10.2 Å². The third-order valence-electron chi connectivity index (χ3n) is 5.86. The number of halogens is 2. The van der Waals surface area contributed by atoms with E-state index in [9.17, 15) is 18.0 Å². The minimum Gasteiger partial charge on any atom is -0.352 e. The van der Waals surface area contributed by atoms with E-state index in [1.54, 1.807) is 73.7 Å². The molecule has 7 nitrogen and oxygen atoms in total. The van der Waals surface area contributed by atoms with Gasteiger partial charge in [0, 0.05) is 28.2 Å². The second kappa shape index (κ2) is 13.1. The Labute approximate surface area is 234 Å². The quantitative estimate of drug-likeness (QED) is 0.326. The van der Waals surface area contributed by atoms with Gasteiger partial charge >= 0.3 is 0 Å². The molecule has 2 amide bonds. The third-order valence-corrected chi connectivity index (χ3v) is 8.36. The van der Waals surface area contributed by atoms with Gasteiger partial charge in [-0.05, 0) is 56.7 Å². The van der Waals surface area contributed by atoms with Crippen LogP contribution in [0.3, 0.4) is 0 Å². The Morgan fingerprint density at radius 2 is 1.42 bits per heavy atom. The number of rotatable bonds is 11. The number of sulfonamides is 1. The zero-order valence-corrected chi connectivity index (χ0v) is 23.8. The molecule has 0 fully saturated rings. The molecule has 0 saturated carbocycles. The number of amides is 2. The summed E-state index contributed by atoms with van der Waals surface area (Å²) >= 11 is 12.8. The van der Waals surface area contributed by atoms with Crippen LogP contribution in [-0.4, -0.2) is 43.8 Å². The zero-order valence-electron chi connectivity index (χ0n) is 21.5. The van der Waals surface area contributed by atoms with E-state index in [-0.39, 0.29) is 23.4 Å². The van der Waals surface area contributed by atoms with Crippen LogP contribution in [-0.2, 0) is 26.2 Å². The maximum atomic E-state index is 14.0. The molecule has 0 unspecified atom stereocenters. The number of carbonyl (C=O) groups is 2. The van der Waals surface area contributed by atoms with Crippen LogP contribution in [0.2, 0.25) is 10.0 Å². The number of hydrogen-bond donors (Lipinski definition) is 1. The SMILES string of the molecule is CC[C@H](C(=O)NC(C)C)N(Cc1c(Cl)cccc1Cl)C(=O)CN(c1ccccc1)S(=O)(=O)c1ccccc1. The predicted octanol–water partition coefficient (Wildman–Crippen LogP) is 5.52. The van der Waals surface area contributed by atoms with Gasteiger partial charge in [-0.3, -0.25) is 13.9 Å². The summed E-state index contributed by atoms with van der Waals surface area (Å²) in [5.41, 5.74) is 0.789. The topological polar surface area (TPSA) is 86.8 Å². The Hall–Kier alpha value is -3.07. The van der Waals surface area contributed by atoms with E-state index >= 15 is 0 Å². The summed E-state index contributed by atoms with van der Waals surface area (Å²) in [5.74, 6) is -0.925. The van der Waals surface area contributed by atoms with E-state index in [1.807, 2.05) is 13.8 Å². The minimum absolute atomic E-state index is 0.0435. The molecule has 202 valence electrons. The van der Waals surface area contributed by atoms with Crippen molar-refractivity contribution < 1.29 is 18.0 Å². The van der Waals surface area contributed by atoms with Crippen molar-refractivity contribution in [1.29, 1.82) is 0 Å². The molecule has 0 saturated heterocycles. The molecular weight excluding hydrogens is 545 g/mol. The lowest BCUT2D eigenvalue weighted by molar-refractivity contribution is -0.140. The molecule has 3 aromatic carbocycles. The Bertz CT molecular complexity index is 1330. The van der Waals surface area contributed by atoms with Gasteiger partial charge in [-0.1, -0.05) is 72.6 Å². The first kappa shape index (κ1) is 29.5. The fourth-order valence-electron chi connectivity index (χ4n) is 4.00. The Balaban J connectivity index is 2.07. The standard InChI is InChI=1S/C28H31Cl2N3O4S/c1-4-26(28(35)31-20(2)3)32(18-23-24(29)16-11-17-25(23)30)27(34)19-33(21-12-7-5-8-13-21)38(36,37)22-14-9-6-10-15-22/h5-17,20,26H,4,18-19H2,1-3H3,(H,31,35)/t26-/m1/s1. The van der Waals surface area contributed by atoms with Gasteiger partial charge in [0.25, 0.3) is 10.0 Å². The normalized spacial score (nSPS) is 12.2. The third kappa shape index (κ3) is 7.07. The Kier molecular flexibility index (Phi) is 10.2. The van der Waals surface area contributed by atoms with Crippen LogP contribution in [0, 0.1) is 0 Å². The number of carbonyl (C=O) groups excluding carboxylic acids is 2. The summed E-state index contributed by atoms with van der Waals surface area (Å²) in [4.78, 5) is 28.5. The second-order valence-corrected chi connectivity index (χ2v) is 11.6. The fraction of sp³-hybridized carbons (Fsp3) is 0.286. The molecule has 3 rings (SSSR count). The first-order valence-electron chi connectivity index (χ1n) is 12.2. The highest BCUT2D eigenvalue weighted by atomic mass is 35.5. The molecule has 10 heteroatoms. The predicted molar refractivity (Wildman–Crippen MR) is 152 cm³/mol. The average Bonchev–Trinajstić information content (AvgIpc) is 2.89. The summed E-state index contributed by atoms with van der Waals surface area (Å²) < 4.78 is 28.5. The smallest absolute Gasteiger partial charge is 0.264 e. The monoisotopic (exact) mass is 575 g/mol. The van der Waals surface area contributed by atoms with Crippen molar-refractivity contribution in [2.75, 3.05) is 10.8 Å². The first-order chi connectivity index (χ1) is 18.1. The van der Waals surface area contributed by atoms with Crippen molar-refractivity contribution in [3.8, 4) is 0 Å². The van der Waals surface area contributed by atoms with Crippen molar-refractivity contribution in [2.24, 2.45) is 0 Å². The van der Waals surface area contributed by atoms with Crippen LogP contribution >= 0.6 is 23.2 Å². The lowest BCUT2D eigenvalue weighted by atomic mass is 10.1. The molecule has 0 aromatic heterocycles. The van der Waals surface area contributed by atoms with E-state index < -0.39 is 28.5 Å². The summed E-state index contributed by atoms with van der Waals surface area (Å²) in [6, 6.07) is 20.2. The Morgan fingerprint density at radius 1 is 0.868 bits per heavy atom. The van der Waals surface area contributed by atoms with Crippen molar-refractivity contribution >= 4 is 50.7 Å². The van der Waals surface area contributed by atoms with Crippen LogP contribution in [0.5, 0.6) is 0 Å². The van der Waals surface area contributed by atoms with Crippen molar-refractivity contribution in [3.63, 3.8) is 0 Å². The Morgan fingerprint density at radius 3 is 1.95 bits per heavy atom. The summed E-state index contributed by atoms with van der Waals surface area (Å²) in [6.07, 6.45) is 0.295. The van der Waals surface area contributed by atoms with Crippen molar-refractivity contribution in [3.05, 3.63) is 94.5 Å². The number of nitrogens with one attached hydrogen (secondary N) is 1. The van der Waals surface area contributed by atoms with Crippen LogP contribution in [0.1, 0.15) is 32.8 Å². The molecular formula is C28H31Cl2N3O4S. The number of benzene rings is 3. The summed E-state index contributed by atoms with van der Waals surface area (Å²) in [6.45, 7) is 4.83. The summed E-state index contributed by atoms with van der Waals surface area (Å²) in [7, 11) is -4.11. The van der Waals surface area contributed by atoms with Gasteiger partial charge in [0.1, 0.15) is 12.6 Å². The zero-order chi connectivity index (χ0) is 27.9. The number of para-hydroxylation sites is 1. The highest BCUT2D eigenvalue weighted by molar-refractivity contribution is 7.92. The van der Waals surface area contributed by atoms with Gasteiger partial charge in [-0.25, -0.2) is 8.42 Å². The summed E-state index contributed by atoms with van der Waals surface area (Å²) in [5, 5.41) is 3.53. The van der Waals surface area contributed by atoms with E-state index in [1.165, 1.54) is 17.0 Å². The lowest BCUT2D eigenvalue weighted by Gasteiger charge is -2.34. The largest absolute Gasteiger partial charge is 0.352 e. The molecule has 0 radical (unpaired) electrons. The van der Waals surface area contributed by atoms with E-state index in [4.69, 9.17) is 23.2 Å². The van der Waals surface area contributed by atoms with Crippen LogP contribution < -0.4 is 9.62 Å². The fourth-order valence-corrected chi connectivity index (χ4v) is 5.95. The molecule has 0 heterocycles. The molecule has 0 aliphatic rings. The van der Waals surface area contributed by atoms with E-state index in [0.29, 0.717) is 27.7 Å². The second-order valence-electron chi connectivity index (χ2n) is 8.97. The first-order valence-corrected chi connectivity index (χ1v) is 14.4. The molecule has 3 aromatic rings. The number of anilines is 1. The van der Waals surface area contributed by atoms with E-state index in [2.05, 4.69) is 5.32 Å². The van der Waals surface area contributed by atoms with Crippen LogP contribution in [0.15, 0.2) is 83.8 Å². The minimum atomic E-state index is -4.11. The highest BCUT2D eigenvalue weighted by Crippen LogP contribution is 2.28.